The summed E-state index contributed by atoms with van der Waals surface area (Å²) in [7, 11) is 0. The fraction of sp³-hybridized carbons (Fsp3) is 0.500. The van der Waals surface area contributed by atoms with Gasteiger partial charge >= 0.3 is 49.7 Å². The van der Waals surface area contributed by atoms with Crippen LogP contribution in [0.2, 0.25) is 0 Å². The fourth-order valence-electron chi connectivity index (χ4n) is 0. The molecule has 0 heterocycles. The maximum absolute atomic E-state index is 9.62. The van der Waals surface area contributed by atoms with Gasteiger partial charge in [-0.15, -0.1) is 0 Å². The van der Waals surface area contributed by atoms with Crippen LogP contribution < -0.4 is 6.15 Å². The Bertz CT molecular complexity index is 202. The zero-order valence-electron chi connectivity index (χ0n) is 6.69. The molecular formula is C4H7CaCl6NO4. The minimum atomic E-state index is -2.17. The van der Waals surface area contributed by atoms with E-state index in [0.29, 0.717) is 0 Å². The molecule has 0 spiro atoms. The number of aliphatic carboxylic acids is 2. The van der Waals surface area contributed by atoms with Crippen molar-refractivity contribution in [3.8, 4) is 0 Å². The number of hydrogen-bond acceptors (Lipinski definition) is 3. The van der Waals surface area contributed by atoms with E-state index < -0.39 is 19.5 Å². The summed E-state index contributed by atoms with van der Waals surface area (Å²) in [6.07, 6.45) is 0. The summed E-state index contributed by atoms with van der Waals surface area (Å²) in [6.45, 7) is 0. The SMILES string of the molecule is N.O=C(O)C(Cl)(Cl)Cl.O=C(O)C(Cl)(Cl)Cl.[CaH2]. The number of alkyl halides is 6. The first-order valence-corrected chi connectivity index (χ1v) is 4.76. The molecule has 0 aliphatic rings. The Morgan fingerprint density at radius 3 is 0.812 bits per heavy atom. The van der Waals surface area contributed by atoms with Crippen molar-refractivity contribution >= 4 is 119 Å². The summed E-state index contributed by atoms with van der Waals surface area (Å²) < 4.78 is -4.33. The molecule has 0 bridgehead atoms. The molecule has 5 nitrogen and oxygen atoms in total. The Morgan fingerprint density at radius 2 is 0.812 bits per heavy atom. The summed E-state index contributed by atoms with van der Waals surface area (Å²) in [4.78, 5) is 19.2. The van der Waals surface area contributed by atoms with Crippen molar-refractivity contribution < 1.29 is 19.8 Å². The summed E-state index contributed by atoms with van der Waals surface area (Å²) in [5.74, 6) is -2.92. The Morgan fingerprint density at radius 1 is 0.750 bits per heavy atom. The predicted octanol–water partition coefficient (Wildman–Crippen LogP) is 2.13. The second-order valence-corrected chi connectivity index (χ2v) is 6.17. The number of carboxylic acids is 2. The Hall–Kier alpha value is 1.90. The third-order valence-corrected chi connectivity index (χ3v) is 1.46. The van der Waals surface area contributed by atoms with Crippen molar-refractivity contribution in [1.82, 2.24) is 6.15 Å². The fourth-order valence-corrected chi connectivity index (χ4v) is 0. The average molecular weight is 386 g/mol. The molecule has 12 heteroatoms. The van der Waals surface area contributed by atoms with Crippen LogP contribution in [0.4, 0.5) is 0 Å². The van der Waals surface area contributed by atoms with Gasteiger partial charge < -0.3 is 16.4 Å². The maximum atomic E-state index is 9.62. The van der Waals surface area contributed by atoms with Gasteiger partial charge in [-0.25, -0.2) is 9.59 Å². The van der Waals surface area contributed by atoms with Gasteiger partial charge in [0, 0.05) is 0 Å². The van der Waals surface area contributed by atoms with Gasteiger partial charge in [-0.1, -0.05) is 69.6 Å². The molecule has 96 valence electrons. The molecule has 0 saturated heterocycles. The van der Waals surface area contributed by atoms with Gasteiger partial charge in [0.1, 0.15) is 0 Å². The van der Waals surface area contributed by atoms with Crippen molar-refractivity contribution in [1.29, 1.82) is 0 Å². The van der Waals surface area contributed by atoms with Gasteiger partial charge in [-0.3, -0.25) is 0 Å². The van der Waals surface area contributed by atoms with E-state index in [2.05, 4.69) is 0 Å². The Balaban J connectivity index is -0.0000000800. The number of hydrogen-bond donors (Lipinski definition) is 3. The van der Waals surface area contributed by atoms with Crippen LogP contribution in [-0.4, -0.2) is 67.5 Å². The minimum absolute atomic E-state index is 0. The summed E-state index contributed by atoms with van der Waals surface area (Å²) >= 11 is 28.8. The van der Waals surface area contributed by atoms with Crippen LogP contribution >= 0.6 is 69.6 Å². The van der Waals surface area contributed by atoms with E-state index >= 15 is 0 Å². The second kappa shape index (κ2) is 10.8. The summed E-state index contributed by atoms with van der Waals surface area (Å²) in [5, 5.41) is 15.7. The molecule has 0 radical (unpaired) electrons. The van der Waals surface area contributed by atoms with E-state index in [0.717, 1.165) is 0 Å². The van der Waals surface area contributed by atoms with Crippen LogP contribution in [0.3, 0.4) is 0 Å². The van der Waals surface area contributed by atoms with Crippen LogP contribution in [0, 0.1) is 0 Å². The molecule has 0 amide bonds. The Labute approximate surface area is 151 Å². The molecule has 0 fully saturated rings. The molecule has 0 aromatic carbocycles. The molecule has 0 aliphatic heterocycles. The number of carbonyl (C=O) groups is 2. The van der Waals surface area contributed by atoms with Crippen LogP contribution in [0.15, 0.2) is 0 Å². The number of rotatable bonds is 0. The van der Waals surface area contributed by atoms with E-state index in [1.165, 1.54) is 0 Å². The zero-order valence-corrected chi connectivity index (χ0v) is 11.2. The first-order valence-electron chi connectivity index (χ1n) is 2.49. The summed E-state index contributed by atoms with van der Waals surface area (Å²) in [5.41, 5.74) is 0. The van der Waals surface area contributed by atoms with Gasteiger partial charge in [0.15, 0.2) is 0 Å². The van der Waals surface area contributed by atoms with Crippen LogP contribution in [-0.2, 0) is 9.59 Å². The molecule has 0 aromatic rings. The van der Waals surface area contributed by atoms with Gasteiger partial charge in [0.2, 0.25) is 0 Å². The molecule has 5 N–H and O–H groups in total. The van der Waals surface area contributed by atoms with E-state index in [9.17, 15) is 9.59 Å². The van der Waals surface area contributed by atoms with Gasteiger partial charge in [-0.05, 0) is 0 Å². The van der Waals surface area contributed by atoms with Gasteiger partial charge in [-0.2, -0.15) is 0 Å². The van der Waals surface area contributed by atoms with Gasteiger partial charge in [0.25, 0.3) is 7.59 Å². The molecule has 0 aliphatic carbocycles. The summed E-state index contributed by atoms with van der Waals surface area (Å²) in [6, 6.07) is 0. The Kier molecular flexibility index (Phi) is 17.8. The van der Waals surface area contributed by atoms with E-state index in [1.54, 1.807) is 0 Å². The van der Waals surface area contributed by atoms with Crippen LogP contribution in [0.5, 0.6) is 0 Å². The van der Waals surface area contributed by atoms with Crippen molar-refractivity contribution in [3.63, 3.8) is 0 Å². The first kappa shape index (κ1) is 26.5. The van der Waals surface area contributed by atoms with E-state index in [4.69, 9.17) is 79.8 Å². The molecule has 0 atom stereocenters. The molecule has 0 aromatic heterocycles. The first-order chi connectivity index (χ1) is 5.89. The second-order valence-electron chi connectivity index (χ2n) is 1.61. The van der Waals surface area contributed by atoms with E-state index in [-0.39, 0.29) is 43.9 Å². The van der Waals surface area contributed by atoms with Crippen molar-refractivity contribution in [2.45, 2.75) is 7.59 Å². The van der Waals surface area contributed by atoms with Crippen LogP contribution in [0.1, 0.15) is 0 Å². The number of carboxylic acid groups (broad SMARTS) is 2. The van der Waals surface area contributed by atoms with Crippen molar-refractivity contribution in [2.75, 3.05) is 0 Å². The molecule has 0 unspecified atom stereocenters. The monoisotopic (exact) mass is 383 g/mol. The molecule has 0 rings (SSSR count). The normalized spacial score (nSPS) is 9.88. The van der Waals surface area contributed by atoms with Crippen molar-refractivity contribution in [2.24, 2.45) is 0 Å². The zero-order chi connectivity index (χ0) is 12.2. The van der Waals surface area contributed by atoms with Crippen LogP contribution in [0.25, 0.3) is 0 Å². The van der Waals surface area contributed by atoms with E-state index in [1.807, 2.05) is 0 Å². The standard InChI is InChI=1S/2C2HCl3O2.Ca.H3N.2H/c2*3-2(4,5)1(6)7;;;;/h2*(H,6,7);;1H3;;. The van der Waals surface area contributed by atoms with Gasteiger partial charge in [0.05, 0.1) is 0 Å². The third-order valence-electron chi connectivity index (χ3n) is 0.485. The third kappa shape index (κ3) is 18.3. The predicted molar refractivity (Wildman–Crippen MR) is 69.4 cm³/mol. The molecule has 0 saturated carbocycles. The average Bonchev–Trinajstić information content (AvgIpc) is 1.83. The molecule has 16 heavy (non-hydrogen) atoms. The number of halogens is 6. The van der Waals surface area contributed by atoms with Crippen molar-refractivity contribution in [3.05, 3.63) is 0 Å². The topological polar surface area (TPSA) is 110 Å². The quantitative estimate of drug-likeness (QED) is 0.437. The molecular weight excluding hydrogens is 379 g/mol.